The van der Waals surface area contributed by atoms with E-state index < -0.39 is 0 Å². The third-order valence-electron chi connectivity index (χ3n) is 4.80. The zero-order chi connectivity index (χ0) is 14.3. The molecule has 3 atom stereocenters. The average molecular weight is 273 g/mol. The Bertz CT molecular complexity index is 523. The topological polar surface area (TPSA) is 49.3 Å². The zero-order valence-corrected chi connectivity index (χ0v) is 12.2. The van der Waals surface area contributed by atoms with Crippen LogP contribution < -0.4 is 5.32 Å². The lowest BCUT2D eigenvalue weighted by molar-refractivity contribution is -0.123. The van der Waals surface area contributed by atoms with Crippen molar-refractivity contribution >= 4 is 5.91 Å². The summed E-state index contributed by atoms with van der Waals surface area (Å²) in [5, 5.41) is 12.3. The Balaban J connectivity index is 1.66. The number of benzene rings is 1. The Kier molecular flexibility index (Phi) is 3.33. The summed E-state index contributed by atoms with van der Waals surface area (Å²) >= 11 is 0. The van der Waals surface area contributed by atoms with Crippen molar-refractivity contribution in [2.75, 3.05) is 13.2 Å². The molecule has 1 amide bonds. The van der Waals surface area contributed by atoms with Crippen LogP contribution in [0.2, 0.25) is 0 Å². The van der Waals surface area contributed by atoms with E-state index in [0.717, 1.165) is 12.8 Å². The van der Waals surface area contributed by atoms with Crippen LogP contribution >= 0.6 is 0 Å². The third-order valence-corrected chi connectivity index (χ3v) is 4.80. The fourth-order valence-corrected chi connectivity index (χ4v) is 3.42. The second-order valence-electron chi connectivity index (χ2n) is 6.99. The first-order valence-corrected chi connectivity index (χ1v) is 7.50. The molecule has 0 radical (unpaired) electrons. The molecule has 0 bridgehead atoms. The molecule has 108 valence electrons. The highest BCUT2D eigenvalue weighted by atomic mass is 16.3. The number of carbonyl (C=O) groups is 1. The largest absolute Gasteiger partial charge is 0.396 e. The monoisotopic (exact) mass is 273 g/mol. The van der Waals surface area contributed by atoms with Crippen molar-refractivity contribution in [3.63, 3.8) is 0 Å². The van der Waals surface area contributed by atoms with Crippen LogP contribution in [-0.2, 0) is 11.2 Å². The highest BCUT2D eigenvalue weighted by Crippen LogP contribution is 2.59. The smallest absolute Gasteiger partial charge is 0.224 e. The molecular weight excluding hydrogens is 250 g/mol. The minimum absolute atomic E-state index is 0.0909. The van der Waals surface area contributed by atoms with Crippen molar-refractivity contribution in [3.8, 4) is 0 Å². The lowest BCUT2D eigenvalue weighted by Gasteiger charge is -2.21. The molecule has 0 saturated heterocycles. The van der Waals surface area contributed by atoms with Crippen LogP contribution in [-0.4, -0.2) is 24.2 Å². The number of hydrogen-bond acceptors (Lipinski definition) is 2. The Labute approximate surface area is 120 Å². The van der Waals surface area contributed by atoms with Gasteiger partial charge in [0.05, 0.1) is 0 Å². The molecule has 2 aliphatic carbocycles. The average Bonchev–Trinajstić information content (AvgIpc) is 3.20. The predicted octanol–water partition coefficient (Wildman–Crippen LogP) is 2.10. The molecule has 0 aliphatic heterocycles. The number of hydrogen-bond donors (Lipinski definition) is 2. The first kappa shape index (κ1) is 13.6. The highest BCUT2D eigenvalue weighted by molar-refractivity contribution is 5.84. The summed E-state index contributed by atoms with van der Waals surface area (Å²) in [6.45, 7) is 4.55. The normalized spacial score (nSPS) is 27.4. The van der Waals surface area contributed by atoms with E-state index in [1.807, 2.05) is 13.8 Å². The number of fused-ring (bicyclic) bond motifs is 3. The summed E-state index contributed by atoms with van der Waals surface area (Å²) in [4.78, 5) is 12.4. The zero-order valence-electron chi connectivity index (χ0n) is 12.2. The van der Waals surface area contributed by atoms with Crippen LogP contribution in [0, 0.1) is 17.3 Å². The molecule has 3 unspecified atom stereocenters. The van der Waals surface area contributed by atoms with Crippen molar-refractivity contribution < 1.29 is 9.90 Å². The van der Waals surface area contributed by atoms with Gasteiger partial charge in [0.1, 0.15) is 0 Å². The van der Waals surface area contributed by atoms with Gasteiger partial charge in [0, 0.05) is 24.5 Å². The molecule has 0 aromatic heterocycles. The van der Waals surface area contributed by atoms with Gasteiger partial charge >= 0.3 is 0 Å². The first-order valence-electron chi connectivity index (χ1n) is 7.50. The maximum absolute atomic E-state index is 12.4. The van der Waals surface area contributed by atoms with Crippen LogP contribution in [0.4, 0.5) is 0 Å². The Hall–Kier alpha value is -1.35. The van der Waals surface area contributed by atoms with Gasteiger partial charge in [-0.1, -0.05) is 38.1 Å². The van der Waals surface area contributed by atoms with Crippen LogP contribution in [0.25, 0.3) is 0 Å². The first-order chi connectivity index (χ1) is 9.53. The second-order valence-corrected chi connectivity index (χ2v) is 6.99. The Morgan fingerprint density at radius 2 is 2.15 bits per heavy atom. The molecule has 0 spiro atoms. The van der Waals surface area contributed by atoms with E-state index in [-0.39, 0.29) is 23.8 Å². The lowest BCUT2D eigenvalue weighted by atomic mass is 9.92. The van der Waals surface area contributed by atoms with Crippen molar-refractivity contribution in [3.05, 3.63) is 35.4 Å². The van der Waals surface area contributed by atoms with Gasteiger partial charge in [-0.05, 0) is 35.8 Å². The SMILES string of the molecule is CC(C)(CO)CNC(=O)C1C2CCc3ccccc3C21. The molecule has 1 fully saturated rings. The summed E-state index contributed by atoms with van der Waals surface area (Å²) in [5.41, 5.74) is 2.55. The molecule has 3 heteroatoms. The number of aryl methyl sites for hydroxylation is 1. The van der Waals surface area contributed by atoms with Gasteiger partial charge in [0.2, 0.25) is 5.91 Å². The van der Waals surface area contributed by atoms with Gasteiger partial charge in [-0.25, -0.2) is 0 Å². The molecule has 1 aromatic rings. The maximum atomic E-state index is 12.4. The van der Waals surface area contributed by atoms with E-state index in [1.54, 1.807) is 0 Å². The summed E-state index contributed by atoms with van der Waals surface area (Å²) in [6.07, 6.45) is 2.23. The van der Waals surface area contributed by atoms with Gasteiger partial charge in [-0.15, -0.1) is 0 Å². The van der Waals surface area contributed by atoms with E-state index in [0.29, 0.717) is 18.4 Å². The van der Waals surface area contributed by atoms with Crippen molar-refractivity contribution in [1.82, 2.24) is 5.32 Å². The van der Waals surface area contributed by atoms with E-state index in [4.69, 9.17) is 0 Å². The minimum atomic E-state index is -0.242. The van der Waals surface area contributed by atoms with Crippen LogP contribution in [0.3, 0.4) is 0 Å². The maximum Gasteiger partial charge on any atom is 0.224 e. The van der Waals surface area contributed by atoms with Gasteiger partial charge in [0.15, 0.2) is 0 Å². The van der Waals surface area contributed by atoms with Gasteiger partial charge < -0.3 is 10.4 Å². The molecule has 2 aliphatic rings. The van der Waals surface area contributed by atoms with Gasteiger partial charge in [0.25, 0.3) is 0 Å². The van der Waals surface area contributed by atoms with E-state index in [2.05, 4.69) is 29.6 Å². The number of carbonyl (C=O) groups excluding carboxylic acids is 1. The molecule has 3 rings (SSSR count). The van der Waals surface area contributed by atoms with E-state index in [9.17, 15) is 9.90 Å². The molecule has 20 heavy (non-hydrogen) atoms. The Morgan fingerprint density at radius 1 is 1.40 bits per heavy atom. The van der Waals surface area contributed by atoms with Gasteiger partial charge in [-0.3, -0.25) is 4.79 Å². The van der Waals surface area contributed by atoms with Crippen molar-refractivity contribution in [2.45, 2.75) is 32.6 Å². The third kappa shape index (κ3) is 2.35. The van der Waals surface area contributed by atoms with Crippen LogP contribution in [0.5, 0.6) is 0 Å². The Morgan fingerprint density at radius 3 is 2.90 bits per heavy atom. The van der Waals surface area contributed by atoms with Crippen molar-refractivity contribution in [2.24, 2.45) is 17.3 Å². The van der Waals surface area contributed by atoms with E-state index >= 15 is 0 Å². The molecule has 1 saturated carbocycles. The van der Waals surface area contributed by atoms with E-state index in [1.165, 1.54) is 11.1 Å². The molecular formula is C17H23NO2. The highest BCUT2D eigenvalue weighted by Gasteiger charge is 2.56. The van der Waals surface area contributed by atoms with Crippen molar-refractivity contribution in [1.29, 1.82) is 0 Å². The molecule has 3 nitrogen and oxygen atoms in total. The number of rotatable bonds is 4. The number of aliphatic hydroxyl groups excluding tert-OH is 1. The van der Waals surface area contributed by atoms with Gasteiger partial charge in [-0.2, -0.15) is 0 Å². The standard InChI is InChI=1S/C17H23NO2/c1-17(2,10-19)9-18-16(20)15-13-8-7-11-5-3-4-6-12(11)14(13)15/h3-6,13-15,19H,7-10H2,1-2H3,(H,18,20). The quantitative estimate of drug-likeness (QED) is 0.882. The number of aliphatic hydroxyl groups is 1. The second kappa shape index (κ2) is 4.88. The van der Waals surface area contributed by atoms with Crippen LogP contribution in [0.15, 0.2) is 24.3 Å². The lowest BCUT2D eigenvalue weighted by Crippen LogP contribution is -2.37. The number of nitrogens with one attached hydrogen (secondary N) is 1. The summed E-state index contributed by atoms with van der Waals surface area (Å²) in [5.74, 6) is 1.27. The molecule has 0 heterocycles. The fraction of sp³-hybridized carbons (Fsp3) is 0.588. The molecule has 2 N–H and O–H groups in total. The summed E-state index contributed by atoms with van der Waals surface area (Å²) in [7, 11) is 0. The predicted molar refractivity (Wildman–Crippen MR) is 78.4 cm³/mol. The fourth-order valence-electron chi connectivity index (χ4n) is 3.42. The summed E-state index contributed by atoms with van der Waals surface area (Å²) in [6, 6.07) is 8.52. The van der Waals surface area contributed by atoms with Crippen LogP contribution in [0.1, 0.15) is 37.3 Å². The minimum Gasteiger partial charge on any atom is -0.396 e. The molecule has 1 aromatic carbocycles. The number of amides is 1. The summed E-state index contributed by atoms with van der Waals surface area (Å²) < 4.78 is 0.